The second kappa shape index (κ2) is 3.98. The van der Waals surface area contributed by atoms with E-state index in [-0.39, 0.29) is 25.3 Å². The molecule has 2 aliphatic rings. The SMILES string of the molecule is CC1(C2CCC(CO)(CO)O2)CCC(=O)O1. The molecule has 2 aliphatic heterocycles. The molecule has 0 aliphatic carbocycles. The summed E-state index contributed by atoms with van der Waals surface area (Å²) in [6.07, 6.45) is 2.13. The number of cyclic esters (lactones) is 1. The quantitative estimate of drug-likeness (QED) is 0.667. The van der Waals surface area contributed by atoms with Crippen molar-refractivity contribution in [2.75, 3.05) is 13.2 Å². The minimum Gasteiger partial charge on any atom is -0.457 e. The third-order valence-electron chi connectivity index (χ3n) is 3.68. The molecule has 92 valence electrons. The Kier molecular flexibility index (Phi) is 2.94. The summed E-state index contributed by atoms with van der Waals surface area (Å²) >= 11 is 0. The highest BCUT2D eigenvalue weighted by Crippen LogP contribution is 2.41. The maximum absolute atomic E-state index is 11.1. The van der Waals surface area contributed by atoms with Crippen LogP contribution in [0.3, 0.4) is 0 Å². The Morgan fingerprint density at radius 1 is 1.38 bits per heavy atom. The summed E-state index contributed by atoms with van der Waals surface area (Å²) in [6.45, 7) is 1.45. The zero-order valence-corrected chi connectivity index (χ0v) is 9.44. The number of carbonyl (C=O) groups is 1. The molecule has 2 unspecified atom stereocenters. The summed E-state index contributed by atoms with van der Waals surface area (Å²) < 4.78 is 11.0. The third kappa shape index (κ3) is 1.83. The lowest BCUT2D eigenvalue weighted by Gasteiger charge is -2.32. The predicted molar refractivity (Wildman–Crippen MR) is 54.7 cm³/mol. The number of carbonyl (C=O) groups excluding carboxylic acids is 1. The summed E-state index contributed by atoms with van der Waals surface area (Å²) in [6, 6.07) is 0. The molecule has 16 heavy (non-hydrogen) atoms. The van der Waals surface area contributed by atoms with E-state index < -0.39 is 11.2 Å². The highest BCUT2D eigenvalue weighted by molar-refractivity contribution is 5.72. The highest BCUT2D eigenvalue weighted by atomic mass is 16.6. The Bertz CT molecular complexity index is 286. The minimum atomic E-state index is -0.858. The lowest BCUT2D eigenvalue weighted by atomic mass is 9.92. The van der Waals surface area contributed by atoms with Crippen molar-refractivity contribution in [1.82, 2.24) is 0 Å². The van der Waals surface area contributed by atoms with Crippen LogP contribution < -0.4 is 0 Å². The van der Waals surface area contributed by atoms with Crippen LogP contribution in [0.4, 0.5) is 0 Å². The number of rotatable bonds is 3. The molecule has 0 saturated carbocycles. The largest absolute Gasteiger partial charge is 0.457 e. The fourth-order valence-electron chi connectivity index (χ4n) is 2.47. The summed E-state index contributed by atoms with van der Waals surface area (Å²) in [4.78, 5) is 11.1. The van der Waals surface area contributed by atoms with Crippen LogP contribution in [0, 0.1) is 0 Å². The molecular weight excluding hydrogens is 212 g/mol. The molecule has 5 heteroatoms. The second-order valence-corrected chi connectivity index (χ2v) is 4.93. The first-order valence-corrected chi connectivity index (χ1v) is 5.65. The van der Waals surface area contributed by atoms with Crippen LogP contribution in [-0.2, 0) is 14.3 Å². The molecule has 0 amide bonds. The molecule has 0 aromatic heterocycles. The zero-order valence-electron chi connectivity index (χ0n) is 9.44. The predicted octanol–water partition coefficient (Wildman–Crippen LogP) is -0.0155. The number of esters is 1. The lowest BCUT2D eigenvalue weighted by molar-refractivity contribution is -0.175. The topological polar surface area (TPSA) is 76.0 Å². The van der Waals surface area contributed by atoms with E-state index in [1.54, 1.807) is 0 Å². The van der Waals surface area contributed by atoms with Crippen molar-refractivity contribution in [1.29, 1.82) is 0 Å². The molecule has 0 aromatic rings. The van der Waals surface area contributed by atoms with Gasteiger partial charge in [0.25, 0.3) is 0 Å². The Morgan fingerprint density at radius 3 is 2.50 bits per heavy atom. The van der Waals surface area contributed by atoms with Crippen LogP contribution in [0.15, 0.2) is 0 Å². The van der Waals surface area contributed by atoms with E-state index in [9.17, 15) is 15.0 Å². The molecule has 2 rings (SSSR count). The zero-order chi connectivity index (χ0) is 11.8. The van der Waals surface area contributed by atoms with Crippen molar-refractivity contribution in [3.63, 3.8) is 0 Å². The molecule has 5 nitrogen and oxygen atoms in total. The summed E-state index contributed by atoms with van der Waals surface area (Å²) in [7, 11) is 0. The summed E-state index contributed by atoms with van der Waals surface area (Å²) in [5.74, 6) is -0.198. The average molecular weight is 230 g/mol. The normalized spacial score (nSPS) is 37.7. The minimum absolute atomic E-state index is 0.198. The number of aliphatic hydroxyl groups is 2. The maximum atomic E-state index is 11.1. The number of hydrogen-bond acceptors (Lipinski definition) is 5. The van der Waals surface area contributed by atoms with Crippen LogP contribution in [0.1, 0.15) is 32.6 Å². The first kappa shape index (κ1) is 11.8. The lowest BCUT2D eigenvalue weighted by Crippen LogP contribution is -2.44. The van der Waals surface area contributed by atoms with Gasteiger partial charge in [0.05, 0.1) is 19.3 Å². The highest BCUT2D eigenvalue weighted by Gasteiger charge is 2.51. The van der Waals surface area contributed by atoms with E-state index in [1.807, 2.05) is 6.92 Å². The van der Waals surface area contributed by atoms with Gasteiger partial charge in [-0.05, 0) is 26.2 Å². The number of aliphatic hydroxyl groups excluding tert-OH is 2. The van der Waals surface area contributed by atoms with Gasteiger partial charge in [-0.3, -0.25) is 4.79 Å². The first-order valence-electron chi connectivity index (χ1n) is 5.65. The average Bonchev–Trinajstić information content (AvgIpc) is 2.85. The van der Waals surface area contributed by atoms with Gasteiger partial charge in [0.15, 0.2) is 0 Å². The smallest absolute Gasteiger partial charge is 0.306 e. The van der Waals surface area contributed by atoms with Crippen molar-refractivity contribution < 1.29 is 24.5 Å². The van der Waals surface area contributed by atoms with Crippen LogP contribution in [0.5, 0.6) is 0 Å². The Balaban J connectivity index is 2.06. The third-order valence-corrected chi connectivity index (χ3v) is 3.68. The van der Waals surface area contributed by atoms with Crippen LogP contribution in [0.25, 0.3) is 0 Å². The van der Waals surface area contributed by atoms with E-state index in [2.05, 4.69) is 0 Å². The van der Waals surface area contributed by atoms with Crippen LogP contribution in [-0.4, -0.2) is 46.7 Å². The molecular formula is C11H18O5. The van der Waals surface area contributed by atoms with E-state index in [4.69, 9.17) is 9.47 Å². The number of hydrogen-bond donors (Lipinski definition) is 2. The summed E-state index contributed by atoms with van der Waals surface area (Å²) in [5.41, 5.74) is -1.45. The van der Waals surface area contributed by atoms with Gasteiger partial charge in [0.2, 0.25) is 0 Å². The Hall–Kier alpha value is -0.650. The maximum Gasteiger partial charge on any atom is 0.306 e. The number of ether oxygens (including phenoxy) is 2. The molecule has 0 radical (unpaired) electrons. The van der Waals surface area contributed by atoms with Crippen LogP contribution in [0.2, 0.25) is 0 Å². The van der Waals surface area contributed by atoms with Crippen LogP contribution >= 0.6 is 0 Å². The molecule has 2 N–H and O–H groups in total. The molecule has 2 heterocycles. The van der Waals surface area contributed by atoms with Crippen molar-refractivity contribution >= 4 is 5.97 Å². The second-order valence-electron chi connectivity index (χ2n) is 4.93. The van der Waals surface area contributed by atoms with Gasteiger partial charge in [0, 0.05) is 6.42 Å². The molecule has 2 atom stereocenters. The van der Waals surface area contributed by atoms with Crippen molar-refractivity contribution in [2.45, 2.75) is 49.9 Å². The van der Waals surface area contributed by atoms with Crippen molar-refractivity contribution in [2.24, 2.45) is 0 Å². The van der Waals surface area contributed by atoms with Gasteiger partial charge < -0.3 is 19.7 Å². The van der Waals surface area contributed by atoms with Crippen molar-refractivity contribution in [3.05, 3.63) is 0 Å². The molecule has 2 fully saturated rings. The molecule has 2 saturated heterocycles. The molecule has 0 spiro atoms. The van der Waals surface area contributed by atoms with E-state index in [0.717, 1.165) is 0 Å². The first-order chi connectivity index (χ1) is 7.53. The van der Waals surface area contributed by atoms with E-state index in [1.165, 1.54) is 0 Å². The van der Waals surface area contributed by atoms with Gasteiger partial charge >= 0.3 is 5.97 Å². The Morgan fingerprint density at radius 2 is 2.06 bits per heavy atom. The fraction of sp³-hybridized carbons (Fsp3) is 0.909. The monoisotopic (exact) mass is 230 g/mol. The van der Waals surface area contributed by atoms with Crippen molar-refractivity contribution in [3.8, 4) is 0 Å². The van der Waals surface area contributed by atoms with E-state index >= 15 is 0 Å². The van der Waals surface area contributed by atoms with E-state index in [0.29, 0.717) is 25.7 Å². The van der Waals surface area contributed by atoms with Gasteiger partial charge in [-0.2, -0.15) is 0 Å². The molecule has 0 aromatic carbocycles. The Labute approximate surface area is 94.4 Å². The summed E-state index contributed by atoms with van der Waals surface area (Å²) in [5, 5.41) is 18.4. The van der Waals surface area contributed by atoms with Gasteiger partial charge in [-0.1, -0.05) is 0 Å². The van der Waals surface area contributed by atoms with Gasteiger partial charge in [-0.25, -0.2) is 0 Å². The standard InChI is InChI=1S/C11H18O5/c1-10(4-3-9(14)16-10)8-2-5-11(6-12,7-13)15-8/h8,12-13H,2-7H2,1H3. The molecule has 0 bridgehead atoms. The van der Waals surface area contributed by atoms with Gasteiger partial charge in [-0.15, -0.1) is 0 Å². The van der Waals surface area contributed by atoms with Gasteiger partial charge in [0.1, 0.15) is 11.2 Å². The fourth-order valence-corrected chi connectivity index (χ4v) is 2.47.